The Morgan fingerprint density at radius 1 is 1.02 bits per heavy atom. The van der Waals surface area contributed by atoms with Gasteiger partial charge in [-0.25, -0.2) is 19.7 Å². The van der Waals surface area contributed by atoms with Crippen LogP contribution < -0.4 is 15.1 Å². The van der Waals surface area contributed by atoms with E-state index in [2.05, 4.69) is 38.8 Å². The highest BCUT2D eigenvalue weighted by atomic mass is 35.5. The second-order valence-electron chi connectivity index (χ2n) is 11.7. The molecule has 2 N–H and O–H groups in total. The van der Waals surface area contributed by atoms with Crippen molar-refractivity contribution >= 4 is 57.4 Å². The minimum absolute atomic E-state index is 0.199. The second kappa shape index (κ2) is 16.0. The van der Waals surface area contributed by atoms with Gasteiger partial charge in [-0.2, -0.15) is 0 Å². The third kappa shape index (κ3) is 7.86. The van der Waals surface area contributed by atoms with E-state index in [0.717, 1.165) is 44.8 Å². The molecule has 2 aliphatic heterocycles. The fourth-order valence-electron chi connectivity index (χ4n) is 6.29. The average molecular weight is 708 g/mol. The van der Waals surface area contributed by atoms with Gasteiger partial charge < -0.3 is 29.6 Å². The van der Waals surface area contributed by atoms with Crippen LogP contribution in [0.2, 0.25) is 10.0 Å². The van der Waals surface area contributed by atoms with E-state index in [1.165, 1.54) is 11.3 Å². The van der Waals surface area contributed by atoms with Gasteiger partial charge in [0.05, 0.1) is 41.2 Å². The Hall–Kier alpha value is -2.97. The van der Waals surface area contributed by atoms with E-state index in [9.17, 15) is 9.59 Å². The summed E-state index contributed by atoms with van der Waals surface area (Å²) in [6.45, 7) is 15.5. The smallest absolute Gasteiger partial charge is 0.350 e. The van der Waals surface area contributed by atoms with Gasteiger partial charge in [-0.15, -0.1) is 0 Å². The van der Waals surface area contributed by atoms with Gasteiger partial charge in [0.2, 0.25) is 0 Å². The molecule has 3 aromatic heterocycles. The highest BCUT2D eigenvalue weighted by Crippen LogP contribution is 2.35. The molecule has 5 heterocycles. The maximum atomic E-state index is 13.1. The standard InChI is InChI=1S/C32H44Cl2N8O4S/c1-6-20(7-2)40-12-14-41(15-13-40)24-17-35-22(16-36-24)27-29(31(44)46-9-4)47-32(39-27)42-11-10-21(23(18-42)45-8-3)38-30(43)28-26(34)25(33)19(5)37-28/h16-17,20-21,23,37H,6-15,18H2,1-5H3,(H,38,43)/t21-,23+/m1/s1. The number of piperidine rings is 1. The first-order valence-corrected chi connectivity index (χ1v) is 18.0. The topological polar surface area (TPSA) is 129 Å². The quantitative estimate of drug-likeness (QED) is 0.235. The van der Waals surface area contributed by atoms with Crippen molar-refractivity contribution in [2.75, 3.05) is 62.3 Å². The van der Waals surface area contributed by atoms with Crippen LogP contribution in [0, 0.1) is 6.92 Å². The van der Waals surface area contributed by atoms with Crippen LogP contribution in [0.4, 0.5) is 10.9 Å². The molecule has 15 heteroatoms. The van der Waals surface area contributed by atoms with Crippen LogP contribution in [0.25, 0.3) is 11.4 Å². The molecular weight excluding hydrogens is 663 g/mol. The minimum Gasteiger partial charge on any atom is -0.462 e. The van der Waals surface area contributed by atoms with Gasteiger partial charge in [0.25, 0.3) is 5.91 Å². The number of carbonyl (C=O) groups excluding carboxylic acids is 2. The number of aryl methyl sites for hydroxylation is 1. The van der Waals surface area contributed by atoms with E-state index in [4.69, 9.17) is 47.6 Å². The Balaban J connectivity index is 1.31. The number of hydrogen-bond donors (Lipinski definition) is 2. The second-order valence-corrected chi connectivity index (χ2v) is 13.4. The monoisotopic (exact) mass is 706 g/mol. The molecule has 2 fully saturated rings. The maximum Gasteiger partial charge on any atom is 0.350 e. The number of carbonyl (C=O) groups is 2. The van der Waals surface area contributed by atoms with E-state index >= 15 is 0 Å². The molecule has 5 rings (SSSR count). The number of hydrogen-bond acceptors (Lipinski definition) is 11. The van der Waals surface area contributed by atoms with Crippen LogP contribution in [0.1, 0.15) is 72.8 Å². The van der Waals surface area contributed by atoms with Crippen molar-refractivity contribution in [2.45, 2.75) is 72.1 Å². The van der Waals surface area contributed by atoms with Crippen LogP contribution in [0.3, 0.4) is 0 Å². The molecule has 3 aromatic rings. The van der Waals surface area contributed by atoms with Crippen LogP contribution in [-0.4, -0.2) is 107 Å². The van der Waals surface area contributed by atoms with Crippen molar-refractivity contribution in [1.29, 1.82) is 0 Å². The van der Waals surface area contributed by atoms with E-state index in [-0.39, 0.29) is 35.4 Å². The number of thiazole rings is 1. The van der Waals surface area contributed by atoms with Crippen LogP contribution in [0.5, 0.6) is 0 Å². The van der Waals surface area contributed by atoms with Gasteiger partial charge >= 0.3 is 5.97 Å². The number of amides is 1. The van der Waals surface area contributed by atoms with Crippen molar-refractivity contribution in [3.05, 3.63) is 38.7 Å². The summed E-state index contributed by atoms with van der Waals surface area (Å²) in [5.74, 6) is 0.0204. The third-order valence-electron chi connectivity index (χ3n) is 8.86. The Morgan fingerprint density at radius 3 is 2.36 bits per heavy atom. The Morgan fingerprint density at radius 2 is 1.77 bits per heavy atom. The summed E-state index contributed by atoms with van der Waals surface area (Å²) < 4.78 is 11.5. The summed E-state index contributed by atoms with van der Waals surface area (Å²) in [5.41, 5.74) is 1.81. The largest absolute Gasteiger partial charge is 0.462 e. The van der Waals surface area contributed by atoms with Crippen LogP contribution in [-0.2, 0) is 9.47 Å². The Bertz CT molecular complexity index is 1520. The number of aromatic nitrogens is 4. The van der Waals surface area contributed by atoms with Gasteiger partial charge in [0.1, 0.15) is 27.8 Å². The van der Waals surface area contributed by atoms with Crippen molar-refractivity contribution in [3.63, 3.8) is 0 Å². The van der Waals surface area contributed by atoms with Gasteiger partial charge in [-0.1, -0.05) is 48.4 Å². The Labute approximate surface area is 290 Å². The van der Waals surface area contributed by atoms with Gasteiger partial charge in [-0.3, -0.25) is 9.69 Å². The van der Waals surface area contributed by atoms with E-state index in [1.54, 1.807) is 26.2 Å². The average Bonchev–Trinajstić information content (AvgIpc) is 3.64. The first-order valence-electron chi connectivity index (χ1n) is 16.4. The molecule has 2 atom stereocenters. The number of halogens is 2. The molecule has 1 amide bonds. The molecule has 0 radical (unpaired) electrons. The summed E-state index contributed by atoms with van der Waals surface area (Å²) >= 11 is 13.8. The van der Waals surface area contributed by atoms with Gasteiger partial charge in [0.15, 0.2) is 5.13 Å². The molecule has 0 bridgehead atoms. The zero-order valence-corrected chi connectivity index (χ0v) is 30.0. The predicted octanol–water partition coefficient (Wildman–Crippen LogP) is 5.44. The lowest BCUT2D eigenvalue weighted by Gasteiger charge is -2.39. The summed E-state index contributed by atoms with van der Waals surface area (Å²) in [6, 6.07) is 0.350. The number of piperazine rings is 1. The van der Waals surface area contributed by atoms with Crippen molar-refractivity contribution < 1.29 is 19.1 Å². The lowest BCUT2D eigenvalue weighted by atomic mass is 10.0. The first kappa shape index (κ1) is 35.3. The summed E-state index contributed by atoms with van der Waals surface area (Å²) in [5, 5.41) is 4.25. The molecular formula is C32H44Cl2N8O4S. The lowest BCUT2D eigenvalue weighted by molar-refractivity contribution is 0.0272. The summed E-state index contributed by atoms with van der Waals surface area (Å²) in [4.78, 5) is 50.7. The molecule has 0 unspecified atom stereocenters. The number of nitrogens with zero attached hydrogens (tertiary/aromatic N) is 6. The molecule has 256 valence electrons. The fraction of sp³-hybridized carbons (Fsp3) is 0.594. The number of aromatic amines is 1. The normalized spacial score (nSPS) is 19.0. The summed E-state index contributed by atoms with van der Waals surface area (Å²) in [6.07, 6.45) is 6.02. The van der Waals surface area contributed by atoms with Crippen molar-refractivity contribution in [3.8, 4) is 11.4 Å². The number of rotatable bonds is 12. The highest BCUT2D eigenvalue weighted by molar-refractivity contribution is 7.17. The third-order valence-corrected chi connectivity index (χ3v) is 10.9. The number of esters is 1. The predicted molar refractivity (Wildman–Crippen MR) is 186 cm³/mol. The SMILES string of the molecule is CCOC(=O)c1sc(N2CC[C@@H](NC(=O)c3[nH]c(C)c(Cl)c3Cl)[C@@H](OCC)C2)nc1-c1cnc(N2CCN(C(CC)CC)CC2)cn1. The maximum absolute atomic E-state index is 13.1. The number of nitrogens with one attached hydrogen (secondary N) is 2. The number of H-pyrrole nitrogens is 1. The Kier molecular flexibility index (Phi) is 12.0. The van der Waals surface area contributed by atoms with Gasteiger partial charge in [0, 0.05) is 57.6 Å². The van der Waals surface area contributed by atoms with Crippen molar-refractivity contribution in [2.24, 2.45) is 0 Å². The highest BCUT2D eigenvalue weighted by Gasteiger charge is 2.35. The molecule has 0 spiro atoms. The molecule has 0 aromatic carbocycles. The molecule has 47 heavy (non-hydrogen) atoms. The molecule has 0 aliphatic carbocycles. The van der Waals surface area contributed by atoms with Crippen molar-refractivity contribution in [1.82, 2.24) is 30.2 Å². The van der Waals surface area contributed by atoms with Crippen LogP contribution in [0.15, 0.2) is 12.4 Å². The zero-order valence-electron chi connectivity index (χ0n) is 27.6. The lowest BCUT2D eigenvalue weighted by Crippen LogP contribution is -2.55. The number of anilines is 2. The molecule has 2 aliphatic rings. The zero-order chi connectivity index (χ0) is 33.7. The number of ether oxygens (including phenoxy) is 2. The molecule has 12 nitrogen and oxygen atoms in total. The minimum atomic E-state index is -0.449. The molecule has 0 saturated carbocycles. The first-order chi connectivity index (χ1) is 22.7. The summed E-state index contributed by atoms with van der Waals surface area (Å²) in [7, 11) is 0. The van der Waals surface area contributed by atoms with Crippen LogP contribution >= 0.6 is 34.5 Å². The van der Waals surface area contributed by atoms with E-state index in [0.29, 0.717) is 64.3 Å². The molecule has 2 saturated heterocycles. The fourth-order valence-corrected chi connectivity index (χ4v) is 7.71. The van der Waals surface area contributed by atoms with E-state index < -0.39 is 5.97 Å². The van der Waals surface area contributed by atoms with E-state index in [1.807, 2.05) is 6.92 Å². The van der Waals surface area contributed by atoms with Gasteiger partial charge in [-0.05, 0) is 40.0 Å².